The van der Waals surface area contributed by atoms with Crippen LogP contribution < -0.4 is 0 Å². The minimum atomic E-state index is -4.14. The molecule has 30 heavy (non-hydrogen) atoms. The lowest BCUT2D eigenvalue weighted by atomic mass is 10.1. The Balaban J connectivity index is 2.14. The van der Waals surface area contributed by atoms with E-state index in [-0.39, 0.29) is 29.0 Å². The van der Waals surface area contributed by atoms with Crippen molar-refractivity contribution in [2.24, 2.45) is 0 Å². The van der Waals surface area contributed by atoms with E-state index in [1.165, 1.54) is 11.8 Å². The van der Waals surface area contributed by atoms with Gasteiger partial charge in [0.1, 0.15) is 18.1 Å². The molecule has 2 rings (SSSR count). The molecule has 7 nitrogen and oxygen atoms in total. The number of benzene rings is 1. The van der Waals surface area contributed by atoms with Crippen molar-refractivity contribution in [2.75, 3.05) is 25.4 Å². The molecule has 1 fully saturated rings. The summed E-state index contributed by atoms with van der Waals surface area (Å²) in [4.78, 5) is 39.3. The van der Waals surface area contributed by atoms with Crippen molar-refractivity contribution in [3.8, 4) is 0 Å². The van der Waals surface area contributed by atoms with Gasteiger partial charge in [-0.3, -0.25) is 14.4 Å². The topological polar surface area (TPSA) is 91.8 Å². The van der Waals surface area contributed by atoms with E-state index in [0.717, 1.165) is 43.9 Å². The molecule has 1 heterocycles. The van der Waals surface area contributed by atoms with Gasteiger partial charge >= 0.3 is 0 Å². The van der Waals surface area contributed by atoms with E-state index in [9.17, 15) is 27.2 Å². The highest BCUT2D eigenvalue weighted by Gasteiger charge is 2.29. The molecule has 9 heteroatoms. The van der Waals surface area contributed by atoms with Crippen LogP contribution in [0.25, 0.3) is 0 Å². The van der Waals surface area contributed by atoms with Crippen molar-refractivity contribution in [1.29, 1.82) is 0 Å². The largest absolute Gasteiger partial charge is 0.341 e. The number of nitrogens with zero attached hydrogens (tertiary/aromatic N) is 2. The number of rotatable bonds is 7. The summed E-state index contributed by atoms with van der Waals surface area (Å²) in [6.07, 6.45) is 3.96. The Hall–Kier alpha value is -2.29. The summed E-state index contributed by atoms with van der Waals surface area (Å²) in [7, 11) is -4.14. The second-order valence-electron chi connectivity index (χ2n) is 7.87. The van der Waals surface area contributed by atoms with Gasteiger partial charge in [0, 0.05) is 19.1 Å². The molecule has 1 aliphatic rings. The fourth-order valence-electron chi connectivity index (χ4n) is 3.43. The predicted octanol–water partition coefficient (Wildman–Crippen LogP) is 2.44. The van der Waals surface area contributed by atoms with Gasteiger partial charge in [-0.2, -0.15) is 0 Å². The summed E-state index contributed by atoms with van der Waals surface area (Å²) in [5.74, 6) is -3.27. The van der Waals surface area contributed by atoms with Gasteiger partial charge in [0.25, 0.3) is 0 Å². The number of hydrogen-bond acceptors (Lipinski definition) is 5. The first-order chi connectivity index (χ1) is 14.0. The zero-order valence-corrected chi connectivity index (χ0v) is 18.5. The van der Waals surface area contributed by atoms with E-state index in [2.05, 4.69) is 0 Å². The first kappa shape index (κ1) is 24.0. The fraction of sp³-hybridized carbons (Fsp3) is 0.571. The number of amides is 2. The molecule has 1 aromatic rings. The van der Waals surface area contributed by atoms with E-state index in [1.54, 1.807) is 18.7 Å². The third-order valence-corrected chi connectivity index (χ3v) is 6.80. The summed E-state index contributed by atoms with van der Waals surface area (Å²) < 4.78 is 39.3. The van der Waals surface area contributed by atoms with Crippen molar-refractivity contribution in [3.05, 3.63) is 29.6 Å². The van der Waals surface area contributed by atoms with Crippen molar-refractivity contribution in [2.45, 2.75) is 57.4 Å². The number of halogens is 1. The Labute approximate surface area is 177 Å². The number of ketones is 1. The minimum Gasteiger partial charge on any atom is -0.341 e. The smallest absolute Gasteiger partial charge is 0.242 e. The molecule has 2 amide bonds. The maximum Gasteiger partial charge on any atom is 0.242 e. The monoisotopic (exact) mass is 440 g/mol. The van der Waals surface area contributed by atoms with E-state index in [1.807, 2.05) is 0 Å². The number of hydrogen-bond donors (Lipinski definition) is 0. The number of sulfone groups is 1. The normalized spacial score (nSPS) is 15.0. The van der Waals surface area contributed by atoms with E-state index < -0.39 is 33.1 Å². The van der Waals surface area contributed by atoms with Gasteiger partial charge in [-0.1, -0.05) is 12.8 Å². The molecule has 0 spiro atoms. The summed E-state index contributed by atoms with van der Waals surface area (Å²) in [5.41, 5.74) is -0.216. The van der Waals surface area contributed by atoms with Gasteiger partial charge in [-0.25, -0.2) is 12.8 Å². The Morgan fingerprint density at radius 2 is 1.70 bits per heavy atom. The standard InChI is InChI=1S/C21H29FN2O5S/c1-15(2)24(13-20(26)23-10-6-4-5-7-11-23)21(27)14-30(28,29)17-8-9-18(16(3)25)19(22)12-17/h8-9,12,15H,4-7,10-11,13-14H2,1-3H3. The van der Waals surface area contributed by atoms with Crippen LogP contribution in [-0.2, 0) is 19.4 Å². The first-order valence-electron chi connectivity index (χ1n) is 10.1. The van der Waals surface area contributed by atoms with Crippen LogP contribution >= 0.6 is 0 Å². The molecule has 0 saturated carbocycles. The fourth-order valence-corrected chi connectivity index (χ4v) is 4.64. The Morgan fingerprint density at radius 1 is 1.10 bits per heavy atom. The molecule has 1 aliphatic heterocycles. The van der Waals surface area contributed by atoms with Gasteiger partial charge in [-0.05, 0) is 51.8 Å². The lowest BCUT2D eigenvalue weighted by Gasteiger charge is -2.29. The summed E-state index contributed by atoms with van der Waals surface area (Å²) in [5, 5.41) is 0. The van der Waals surface area contributed by atoms with E-state index in [4.69, 9.17) is 0 Å². The molecule has 0 N–H and O–H groups in total. The van der Waals surface area contributed by atoms with Crippen molar-refractivity contribution < 1.29 is 27.2 Å². The van der Waals surface area contributed by atoms with Crippen molar-refractivity contribution in [1.82, 2.24) is 9.80 Å². The number of carbonyl (C=O) groups excluding carboxylic acids is 3. The molecular formula is C21H29FN2O5S. The Morgan fingerprint density at radius 3 is 2.20 bits per heavy atom. The highest BCUT2D eigenvalue weighted by Crippen LogP contribution is 2.18. The maximum absolute atomic E-state index is 14.0. The van der Waals surface area contributed by atoms with E-state index >= 15 is 0 Å². The van der Waals surface area contributed by atoms with Gasteiger partial charge in [0.05, 0.1) is 10.5 Å². The summed E-state index contributed by atoms with van der Waals surface area (Å²) in [6, 6.07) is 2.59. The van der Waals surface area contributed by atoms with Gasteiger partial charge in [0.2, 0.25) is 11.8 Å². The third kappa shape index (κ3) is 6.10. The Bertz CT molecular complexity index is 906. The van der Waals surface area contributed by atoms with Crippen LogP contribution in [0.4, 0.5) is 4.39 Å². The van der Waals surface area contributed by atoms with Gasteiger partial charge < -0.3 is 9.80 Å². The molecule has 0 aliphatic carbocycles. The Kier molecular flexibility index (Phi) is 8.11. The predicted molar refractivity (Wildman–Crippen MR) is 110 cm³/mol. The molecule has 1 saturated heterocycles. The van der Waals surface area contributed by atoms with Crippen LogP contribution in [0.1, 0.15) is 56.8 Å². The second-order valence-corrected chi connectivity index (χ2v) is 9.86. The molecule has 0 unspecified atom stereocenters. The van der Waals surface area contributed by atoms with Crippen LogP contribution in [0.2, 0.25) is 0 Å². The third-order valence-electron chi connectivity index (χ3n) is 5.20. The summed E-state index contributed by atoms with van der Waals surface area (Å²) in [6.45, 7) is 5.68. The van der Waals surface area contributed by atoms with Crippen molar-refractivity contribution in [3.63, 3.8) is 0 Å². The van der Waals surface area contributed by atoms with Gasteiger partial charge in [0.15, 0.2) is 15.6 Å². The van der Waals surface area contributed by atoms with Crippen LogP contribution in [-0.4, -0.2) is 67.2 Å². The maximum atomic E-state index is 14.0. The average Bonchev–Trinajstić information content (AvgIpc) is 2.94. The zero-order chi connectivity index (χ0) is 22.5. The SMILES string of the molecule is CC(=O)c1ccc(S(=O)(=O)CC(=O)N(CC(=O)N2CCCCCC2)C(C)C)cc1F. The number of likely N-dealkylation sites (tertiary alicyclic amines) is 1. The number of carbonyl (C=O) groups is 3. The minimum absolute atomic E-state index is 0.191. The van der Waals surface area contributed by atoms with Crippen LogP contribution in [0.3, 0.4) is 0 Å². The summed E-state index contributed by atoms with van der Waals surface area (Å²) >= 11 is 0. The average molecular weight is 441 g/mol. The highest BCUT2D eigenvalue weighted by molar-refractivity contribution is 7.92. The van der Waals surface area contributed by atoms with E-state index in [0.29, 0.717) is 13.1 Å². The molecule has 166 valence electrons. The highest BCUT2D eigenvalue weighted by atomic mass is 32.2. The molecule has 0 bridgehead atoms. The van der Waals surface area contributed by atoms with Crippen LogP contribution in [0, 0.1) is 5.82 Å². The lowest BCUT2D eigenvalue weighted by Crippen LogP contribution is -2.47. The first-order valence-corrected chi connectivity index (χ1v) is 11.8. The van der Waals surface area contributed by atoms with Crippen LogP contribution in [0.15, 0.2) is 23.1 Å². The van der Waals surface area contributed by atoms with Crippen molar-refractivity contribution >= 4 is 27.4 Å². The van der Waals surface area contributed by atoms with Gasteiger partial charge in [-0.15, -0.1) is 0 Å². The second kappa shape index (κ2) is 10.1. The molecule has 0 aromatic heterocycles. The molecule has 1 aromatic carbocycles. The number of Topliss-reactive ketones (excluding diaryl/α,β-unsaturated/α-hetero) is 1. The van der Waals surface area contributed by atoms with Crippen LogP contribution in [0.5, 0.6) is 0 Å². The molecule has 0 radical (unpaired) electrons. The quantitative estimate of drug-likeness (QED) is 0.608. The molecule has 0 atom stereocenters. The molecular weight excluding hydrogens is 411 g/mol. The zero-order valence-electron chi connectivity index (χ0n) is 17.7. The lowest BCUT2D eigenvalue weighted by molar-refractivity contribution is -0.140.